The van der Waals surface area contributed by atoms with Crippen molar-refractivity contribution in [2.24, 2.45) is 17.6 Å². The van der Waals surface area contributed by atoms with Crippen LogP contribution in [0.1, 0.15) is 66.4 Å². The second kappa shape index (κ2) is 14.2. The van der Waals surface area contributed by atoms with Crippen LogP contribution >= 0.6 is 0 Å². The first-order valence-electron chi connectivity index (χ1n) is 8.46. The van der Waals surface area contributed by atoms with Gasteiger partial charge in [-0.15, -0.1) is 0 Å². The van der Waals surface area contributed by atoms with Gasteiger partial charge in [0, 0.05) is 5.92 Å². The average molecular weight is 329 g/mol. The summed E-state index contributed by atoms with van der Waals surface area (Å²) < 4.78 is 24.7. The van der Waals surface area contributed by atoms with Crippen LogP contribution in [0.3, 0.4) is 0 Å². The number of benzene rings is 1. The molecule has 1 amide bonds. The molecule has 0 bridgehead atoms. The number of hydrogen-bond acceptors (Lipinski definition) is 1. The Morgan fingerprint density at radius 3 is 1.74 bits per heavy atom. The summed E-state index contributed by atoms with van der Waals surface area (Å²) in [6.07, 6.45) is 4.24. The summed E-state index contributed by atoms with van der Waals surface area (Å²) in [5.41, 5.74) is 5.73. The van der Waals surface area contributed by atoms with Crippen molar-refractivity contribution in [1.29, 1.82) is 0 Å². The van der Waals surface area contributed by atoms with Gasteiger partial charge in [-0.05, 0) is 36.5 Å². The van der Waals surface area contributed by atoms with Crippen LogP contribution in [0, 0.1) is 23.5 Å². The van der Waals surface area contributed by atoms with Gasteiger partial charge >= 0.3 is 0 Å². The molecule has 0 aromatic heterocycles. The molecule has 0 aliphatic rings. The van der Waals surface area contributed by atoms with Gasteiger partial charge in [-0.1, -0.05) is 60.5 Å². The third-order valence-corrected chi connectivity index (χ3v) is 3.88. The molecule has 23 heavy (non-hydrogen) atoms. The maximum Gasteiger partial charge on any atom is 0.220 e. The zero-order chi connectivity index (χ0) is 18.4. The van der Waals surface area contributed by atoms with Crippen molar-refractivity contribution >= 4 is 5.91 Å². The summed E-state index contributed by atoms with van der Waals surface area (Å²) >= 11 is 0. The molecule has 0 heterocycles. The number of carbonyl (C=O) groups excluding carboxylic acids is 1. The lowest BCUT2D eigenvalue weighted by atomic mass is 10.1. The Labute approximate surface area is 140 Å². The Hall–Kier alpha value is -1.45. The molecule has 4 heteroatoms. The zero-order valence-corrected chi connectivity index (χ0v) is 15.5. The molecular weight excluding hydrogens is 296 g/mol. The van der Waals surface area contributed by atoms with Gasteiger partial charge in [0.05, 0.1) is 0 Å². The van der Waals surface area contributed by atoms with Crippen LogP contribution in [-0.2, 0) is 11.2 Å². The van der Waals surface area contributed by atoms with E-state index in [0.717, 1.165) is 30.4 Å². The van der Waals surface area contributed by atoms with Crippen molar-refractivity contribution in [3.8, 4) is 0 Å². The number of carbonyl (C=O) groups is 1. The number of nitrogens with two attached hydrogens (primary N) is 1. The third-order valence-electron chi connectivity index (χ3n) is 3.88. The minimum Gasteiger partial charge on any atom is -0.369 e. The molecule has 2 N–H and O–H groups in total. The minimum absolute atomic E-state index is 0.0417. The largest absolute Gasteiger partial charge is 0.369 e. The lowest BCUT2D eigenvalue weighted by Crippen LogP contribution is -2.19. The predicted octanol–water partition coefficient (Wildman–Crippen LogP) is 5.49. The van der Waals surface area contributed by atoms with Gasteiger partial charge in [0.1, 0.15) is 0 Å². The molecule has 2 nitrogen and oxygen atoms in total. The van der Waals surface area contributed by atoms with Crippen LogP contribution < -0.4 is 5.73 Å². The number of halogens is 2. The van der Waals surface area contributed by atoms with Crippen LogP contribution in [0.2, 0.25) is 0 Å². The summed E-state index contributed by atoms with van der Waals surface area (Å²) in [5, 5.41) is 0. The fraction of sp³-hybridized carbons (Fsp3) is 0.632. The monoisotopic (exact) mass is 329 g/mol. The summed E-state index contributed by atoms with van der Waals surface area (Å²) in [4.78, 5) is 10.2. The van der Waals surface area contributed by atoms with E-state index in [0.29, 0.717) is 0 Å². The number of hydrogen-bond donors (Lipinski definition) is 1. The number of rotatable bonds is 5. The Morgan fingerprint density at radius 2 is 1.52 bits per heavy atom. The predicted molar refractivity (Wildman–Crippen MR) is 94.1 cm³/mol. The topological polar surface area (TPSA) is 43.1 Å². The molecule has 0 saturated carbocycles. The molecule has 1 unspecified atom stereocenters. The molecule has 1 aromatic rings. The second-order valence-corrected chi connectivity index (χ2v) is 5.74. The van der Waals surface area contributed by atoms with Gasteiger partial charge in [0.15, 0.2) is 11.6 Å². The molecule has 1 aromatic carbocycles. The van der Waals surface area contributed by atoms with Crippen molar-refractivity contribution in [2.75, 3.05) is 0 Å². The van der Waals surface area contributed by atoms with E-state index in [-0.39, 0.29) is 11.8 Å². The first kappa shape index (κ1) is 23.8. The smallest absolute Gasteiger partial charge is 0.220 e. The number of aryl methyl sites for hydroxylation is 1. The van der Waals surface area contributed by atoms with Gasteiger partial charge in [0.2, 0.25) is 5.91 Å². The van der Waals surface area contributed by atoms with Crippen molar-refractivity contribution < 1.29 is 13.6 Å². The van der Waals surface area contributed by atoms with E-state index in [4.69, 9.17) is 5.73 Å². The van der Waals surface area contributed by atoms with Crippen LogP contribution in [0.5, 0.6) is 0 Å². The number of amides is 1. The molecule has 134 valence electrons. The maximum absolute atomic E-state index is 12.4. The molecule has 1 atom stereocenters. The number of primary amides is 1. The third kappa shape index (κ3) is 12.8. The van der Waals surface area contributed by atoms with Crippen LogP contribution in [0.25, 0.3) is 0 Å². The summed E-state index contributed by atoms with van der Waals surface area (Å²) in [6, 6.07) is 3.95. The Balaban J connectivity index is 0. The summed E-state index contributed by atoms with van der Waals surface area (Å²) in [7, 11) is 0. The van der Waals surface area contributed by atoms with E-state index in [1.807, 2.05) is 20.8 Å². The van der Waals surface area contributed by atoms with E-state index in [9.17, 15) is 13.6 Å². The first-order valence-corrected chi connectivity index (χ1v) is 8.46. The normalized spacial score (nSPS) is 11.0. The van der Waals surface area contributed by atoms with E-state index >= 15 is 0 Å². The van der Waals surface area contributed by atoms with Crippen molar-refractivity contribution in [2.45, 2.75) is 67.2 Å². The Morgan fingerprint density at radius 1 is 1.00 bits per heavy atom. The molecule has 0 aliphatic heterocycles. The van der Waals surface area contributed by atoms with Crippen molar-refractivity contribution in [1.82, 2.24) is 0 Å². The van der Waals surface area contributed by atoms with Crippen molar-refractivity contribution in [3.05, 3.63) is 35.4 Å². The highest BCUT2D eigenvalue weighted by Crippen LogP contribution is 2.08. The minimum atomic E-state index is -0.780. The first-order chi connectivity index (χ1) is 10.7. The summed E-state index contributed by atoms with van der Waals surface area (Å²) in [6.45, 7) is 12.4. The fourth-order valence-corrected chi connectivity index (χ4v) is 1.25. The standard InChI is InChI=1S/C8H8F2.C6H14.C5H11NO/c1-2-6-3-4-7(9)8(10)5-6;1-4-6(3)5-2;1-3-4(2)5(6)7/h3-5H,2H2,1H3;6H,4-5H2,1-3H3;4H,3H2,1-2H3,(H2,6,7). The highest BCUT2D eigenvalue weighted by Gasteiger charge is 2.02. The lowest BCUT2D eigenvalue weighted by Gasteiger charge is -1.98. The molecule has 0 saturated heterocycles. The Bertz CT molecular complexity index is 431. The van der Waals surface area contributed by atoms with E-state index < -0.39 is 11.6 Å². The highest BCUT2D eigenvalue weighted by molar-refractivity contribution is 5.76. The van der Waals surface area contributed by atoms with Crippen LogP contribution in [0.15, 0.2) is 18.2 Å². The lowest BCUT2D eigenvalue weighted by molar-refractivity contribution is -0.121. The average Bonchev–Trinajstić information content (AvgIpc) is 2.56. The van der Waals surface area contributed by atoms with E-state index in [1.165, 1.54) is 18.9 Å². The van der Waals surface area contributed by atoms with Gasteiger partial charge in [0.25, 0.3) is 0 Å². The molecule has 0 fully saturated rings. The van der Waals surface area contributed by atoms with Gasteiger partial charge in [-0.2, -0.15) is 0 Å². The van der Waals surface area contributed by atoms with Gasteiger partial charge in [-0.3, -0.25) is 4.79 Å². The Kier molecular flexibility index (Phi) is 14.7. The molecular formula is C19H33F2NO. The highest BCUT2D eigenvalue weighted by atomic mass is 19.2. The summed E-state index contributed by atoms with van der Waals surface area (Å²) in [5.74, 6) is -0.774. The van der Waals surface area contributed by atoms with Crippen LogP contribution in [0.4, 0.5) is 8.78 Å². The molecule has 0 spiro atoms. The van der Waals surface area contributed by atoms with E-state index in [2.05, 4.69) is 20.8 Å². The molecule has 0 radical (unpaired) electrons. The molecule has 0 aliphatic carbocycles. The van der Waals surface area contributed by atoms with E-state index in [1.54, 1.807) is 6.07 Å². The van der Waals surface area contributed by atoms with Gasteiger partial charge < -0.3 is 5.73 Å². The maximum atomic E-state index is 12.4. The molecule has 1 rings (SSSR count). The van der Waals surface area contributed by atoms with Gasteiger partial charge in [-0.25, -0.2) is 8.78 Å². The fourth-order valence-electron chi connectivity index (χ4n) is 1.25. The quantitative estimate of drug-likeness (QED) is 0.763. The SMILES string of the molecule is CCC(C)C(N)=O.CCC(C)CC.CCc1ccc(F)c(F)c1. The second-order valence-electron chi connectivity index (χ2n) is 5.74. The zero-order valence-electron chi connectivity index (χ0n) is 15.5. The van der Waals surface area contributed by atoms with Crippen LogP contribution in [-0.4, -0.2) is 5.91 Å². The van der Waals surface area contributed by atoms with Crippen molar-refractivity contribution in [3.63, 3.8) is 0 Å².